The van der Waals surface area contributed by atoms with Crippen LogP contribution in [0, 0.1) is 6.92 Å². The summed E-state index contributed by atoms with van der Waals surface area (Å²) in [4.78, 5) is 22.4. The van der Waals surface area contributed by atoms with Gasteiger partial charge in [0.1, 0.15) is 5.82 Å². The molecule has 174 valence electrons. The zero-order valence-electron chi connectivity index (χ0n) is 19.6. The van der Waals surface area contributed by atoms with Crippen LogP contribution in [0.2, 0.25) is 0 Å². The molecule has 7 heteroatoms. The summed E-state index contributed by atoms with van der Waals surface area (Å²) in [6, 6.07) is 26.1. The van der Waals surface area contributed by atoms with Gasteiger partial charge in [-0.2, -0.15) is 0 Å². The van der Waals surface area contributed by atoms with Gasteiger partial charge in [0.2, 0.25) is 5.95 Å². The number of hydrogen-bond donors (Lipinski definition) is 0. The highest BCUT2D eigenvalue weighted by Gasteiger charge is 2.26. The number of anilines is 1. The van der Waals surface area contributed by atoms with Crippen molar-refractivity contribution in [3.63, 3.8) is 0 Å². The van der Waals surface area contributed by atoms with Gasteiger partial charge in [0.25, 0.3) is 5.91 Å². The Balaban J connectivity index is 1.35. The highest BCUT2D eigenvalue weighted by Crippen LogP contribution is 2.26. The fraction of sp³-hybridized carbons (Fsp3) is 0.214. The van der Waals surface area contributed by atoms with E-state index >= 15 is 0 Å². The van der Waals surface area contributed by atoms with Gasteiger partial charge in [-0.1, -0.05) is 60.7 Å². The van der Waals surface area contributed by atoms with Crippen molar-refractivity contribution >= 4 is 28.4 Å². The Bertz CT molecular complexity index is 1520. The first-order chi connectivity index (χ1) is 17.2. The Morgan fingerprint density at radius 3 is 2.34 bits per heavy atom. The van der Waals surface area contributed by atoms with Gasteiger partial charge in [0.15, 0.2) is 5.65 Å². The lowest BCUT2D eigenvalue weighted by atomic mass is 10.1. The summed E-state index contributed by atoms with van der Waals surface area (Å²) in [5, 5.41) is 10.1. The Morgan fingerprint density at radius 2 is 1.54 bits per heavy atom. The number of carbonyl (C=O) groups is 1. The van der Waals surface area contributed by atoms with E-state index < -0.39 is 0 Å². The summed E-state index contributed by atoms with van der Waals surface area (Å²) in [5.74, 6) is 1.78. The Labute approximate surface area is 203 Å². The standard InChI is InChI=1S/C28H26N6O/c1-20-9-5-6-12-22(20)27(35)32-15-17-33(18-16-32)28-29-24-14-8-7-13-23(24)26-31-30-25(34(26)28)19-21-10-3-2-4-11-21/h2-14H,15-19H2,1H3. The number of fused-ring (bicyclic) bond motifs is 3. The maximum absolute atomic E-state index is 13.1. The molecule has 5 aromatic rings. The molecular formula is C28H26N6O. The largest absolute Gasteiger partial charge is 0.338 e. The minimum Gasteiger partial charge on any atom is -0.338 e. The molecule has 7 nitrogen and oxygen atoms in total. The molecule has 1 aliphatic rings. The first-order valence-corrected chi connectivity index (χ1v) is 12.0. The minimum atomic E-state index is 0.0911. The number of amides is 1. The van der Waals surface area contributed by atoms with Crippen LogP contribution >= 0.6 is 0 Å². The highest BCUT2D eigenvalue weighted by atomic mass is 16.2. The zero-order valence-corrected chi connectivity index (χ0v) is 19.6. The molecule has 1 fully saturated rings. The molecule has 0 aliphatic carbocycles. The van der Waals surface area contributed by atoms with Crippen molar-refractivity contribution in [2.75, 3.05) is 31.1 Å². The Morgan fingerprint density at radius 1 is 0.829 bits per heavy atom. The summed E-state index contributed by atoms with van der Waals surface area (Å²) < 4.78 is 2.09. The molecule has 2 aromatic heterocycles. The predicted molar refractivity (Wildman–Crippen MR) is 137 cm³/mol. The number of carbonyl (C=O) groups excluding carboxylic acids is 1. The monoisotopic (exact) mass is 462 g/mol. The molecule has 0 saturated carbocycles. The number of rotatable bonds is 4. The van der Waals surface area contributed by atoms with Gasteiger partial charge < -0.3 is 9.80 Å². The minimum absolute atomic E-state index is 0.0911. The van der Waals surface area contributed by atoms with Gasteiger partial charge in [0, 0.05) is 43.5 Å². The number of benzene rings is 3. The lowest BCUT2D eigenvalue weighted by molar-refractivity contribution is 0.0745. The Hall–Kier alpha value is -4.26. The molecule has 0 spiro atoms. The average molecular weight is 463 g/mol. The first-order valence-electron chi connectivity index (χ1n) is 12.0. The van der Waals surface area contributed by atoms with Crippen molar-refractivity contribution in [1.29, 1.82) is 0 Å². The highest BCUT2D eigenvalue weighted by molar-refractivity contribution is 5.96. The summed E-state index contributed by atoms with van der Waals surface area (Å²) in [6.45, 7) is 4.65. The van der Waals surface area contributed by atoms with Crippen molar-refractivity contribution in [3.05, 3.63) is 101 Å². The Kier molecular flexibility index (Phi) is 5.37. The molecular weight excluding hydrogens is 436 g/mol. The third-order valence-electron chi connectivity index (χ3n) is 6.73. The maximum atomic E-state index is 13.1. The van der Waals surface area contributed by atoms with Crippen LogP contribution in [0.15, 0.2) is 78.9 Å². The number of piperazine rings is 1. The SMILES string of the molecule is Cc1ccccc1C(=O)N1CCN(c2nc3ccccc3c3nnc(Cc4ccccc4)n23)CC1. The van der Waals surface area contributed by atoms with Gasteiger partial charge in [0.05, 0.1) is 5.52 Å². The molecule has 0 unspecified atom stereocenters. The van der Waals surface area contributed by atoms with Gasteiger partial charge >= 0.3 is 0 Å². The van der Waals surface area contributed by atoms with Gasteiger partial charge in [-0.15, -0.1) is 10.2 Å². The number of para-hydroxylation sites is 1. The average Bonchev–Trinajstić information content (AvgIpc) is 3.33. The van der Waals surface area contributed by atoms with Crippen LogP contribution in [0.25, 0.3) is 16.6 Å². The van der Waals surface area contributed by atoms with Gasteiger partial charge in [-0.3, -0.25) is 4.79 Å². The summed E-state index contributed by atoms with van der Waals surface area (Å²) in [5.41, 5.74) is 4.67. The first kappa shape index (κ1) is 21.3. The predicted octanol–water partition coefficient (Wildman–Crippen LogP) is 4.14. The molecule has 0 N–H and O–H groups in total. The lowest BCUT2D eigenvalue weighted by Crippen LogP contribution is -2.49. The number of hydrogen-bond acceptors (Lipinski definition) is 5. The van der Waals surface area contributed by atoms with E-state index in [1.165, 1.54) is 5.56 Å². The van der Waals surface area contributed by atoms with E-state index in [9.17, 15) is 4.79 Å². The van der Waals surface area contributed by atoms with Crippen molar-refractivity contribution in [2.45, 2.75) is 13.3 Å². The second-order valence-corrected chi connectivity index (χ2v) is 8.96. The zero-order chi connectivity index (χ0) is 23.8. The number of aromatic nitrogens is 4. The van der Waals surface area contributed by atoms with E-state index in [1.807, 2.05) is 78.6 Å². The summed E-state index contributed by atoms with van der Waals surface area (Å²) >= 11 is 0. The van der Waals surface area contributed by atoms with E-state index in [-0.39, 0.29) is 5.91 Å². The fourth-order valence-electron chi connectivity index (χ4n) is 4.82. The van der Waals surface area contributed by atoms with Gasteiger partial charge in [-0.25, -0.2) is 9.38 Å². The van der Waals surface area contributed by atoms with Crippen LogP contribution in [0.3, 0.4) is 0 Å². The topological polar surface area (TPSA) is 66.6 Å². The second kappa shape index (κ2) is 8.83. The quantitative estimate of drug-likeness (QED) is 0.402. The second-order valence-electron chi connectivity index (χ2n) is 8.96. The molecule has 3 heterocycles. The number of nitrogens with zero attached hydrogens (tertiary/aromatic N) is 6. The van der Waals surface area contributed by atoms with Crippen LogP contribution in [-0.4, -0.2) is 56.6 Å². The molecule has 0 bridgehead atoms. The van der Waals surface area contributed by atoms with Crippen LogP contribution in [0.1, 0.15) is 27.3 Å². The smallest absolute Gasteiger partial charge is 0.254 e. The number of aryl methyl sites for hydroxylation is 1. The van der Waals surface area contributed by atoms with E-state index in [2.05, 4.69) is 31.6 Å². The summed E-state index contributed by atoms with van der Waals surface area (Å²) in [6.07, 6.45) is 0.667. The van der Waals surface area contributed by atoms with Crippen LogP contribution in [0.4, 0.5) is 5.95 Å². The molecule has 3 aromatic carbocycles. The third-order valence-corrected chi connectivity index (χ3v) is 6.73. The molecule has 1 saturated heterocycles. The van der Waals surface area contributed by atoms with Crippen LogP contribution < -0.4 is 4.90 Å². The molecule has 0 atom stereocenters. The van der Waals surface area contributed by atoms with Crippen LogP contribution in [0.5, 0.6) is 0 Å². The normalized spacial score (nSPS) is 14.1. The summed E-state index contributed by atoms with van der Waals surface area (Å²) in [7, 11) is 0. The van der Waals surface area contributed by atoms with Crippen molar-refractivity contribution in [2.24, 2.45) is 0 Å². The lowest BCUT2D eigenvalue weighted by Gasteiger charge is -2.36. The third kappa shape index (κ3) is 3.89. The van der Waals surface area contributed by atoms with Crippen LogP contribution in [-0.2, 0) is 6.42 Å². The van der Waals surface area contributed by atoms with E-state index in [0.717, 1.165) is 39.4 Å². The molecule has 1 amide bonds. The van der Waals surface area contributed by atoms with E-state index in [0.29, 0.717) is 32.6 Å². The van der Waals surface area contributed by atoms with Crippen molar-refractivity contribution in [1.82, 2.24) is 24.5 Å². The van der Waals surface area contributed by atoms with Gasteiger partial charge in [-0.05, 0) is 36.2 Å². The van der Waals surface area contributed by atoms with Crippen molar-refractivity contribution < 1.29 is 4.79 Å². The van der Waals surface area contributed by atoms with E-state index in [1.54, 1.807) is 0 Å². The molecule has 6 rings (SSSR count). The molecule has 0 radical (unpaired) electrons. The van der Waals surface area contributed by atoms with Crippen molar-refractivity contribution in [3.8, 4) is 0 Å². The molecule has 35 heavy (non-hydrogen) atoms. The van der Waals surface area contributed by atoms with E-state index in [4.69, 9.17) is 4.98 Å². The fourth-order valence-corrected chi connectivity index (χ4v) is 4.82. The maximum Gasteiger partial charge on any atom is 0.254 e. The molecule has 1 aliphatic heterocycles.